The summed E-state index contributed by atoms with van der Waals surface area (Å²) in [7, 11) is 0. The van der Waals surface area contributed by atoms with Crippen LogP contribution < -0.4 is 5.32 Å². The highest BCUT2D eigenvalue weighted by atomic mass is 35.5. The number of aliphatic carboxylic acids is 1. The molecule has 1 aromatic rings. The van der Waals surface area contributed by atoms with Crippen LogP contribution in [0.4, 0.5) is 0 Å². The molecule has 110 valence electrons. The summed E-state index contributed by atoms with van der Waals surface area (Å²) < 4.78 is 5.28. The highest BCUT2D eigenvalue weighted by Crippen LogP contribution is 2.20. The molecule has 0 bridgehead atoms. The Labute approximate surface area is 124 Å². The Morgan fingerprint density at radius 3 is 2.80 bits per heavy atom. The van der Waals surface area contributed by atoms with E-state index in [9.17, 15) is 9.90 Å². The molecule has 20 heavy (non-hydrogen) atoms. The summed E-state index contributed by atoms with van der Waals surface area (Å²) in [5, 5.41) is 13.2. The zero-order valence-corrected chi connectivity index (χ0v) is 12.3. The van der Waals surface area contributed by atoms with E-state index >= 15 is 0 Å². The van der Waals surface area contributed by atoms with E-state index < -0.39 is 12.0 Å². The van der Waals surface area contributed by atoms with E-state index in [1.54, 1.807) is 0 Å². The molecule has 0 radical (unpaired) electrons. The van der Waals surface area contributed by atoms with Crippen LogP contribution in [0.25, 0.3) is 0 Å². The van der Waals surface area contributed by atoms with Crippen LogP contribution >= 0.6 is 11.6 Å². The van der Waals surface area contributed by atoms with Crippen molar-refractivity contribution >= 4 is 17.6 Å². The van der Waals surface area contributed by atoms with Gasteiger partial charge in [0.1, 0.15) is 6.04 Å². The highest BCUT2D eigenvalue weighted by Gasteiger charge is 2.29. The number of hydrogen-bond acceptors (Lipinski definition) is 3. The van der Waals surface area contributed by atoms with Crippen molar-refractivity contribution < 1.29 is 14.6 Å². The molecular weight excluding hydrogens is 278 g/mol. The molecule has 2 rings (SSSR count). The van der Waals surface area contributed by atoms with Gasteiger partial charge in [-0.15, -0.1) is 0 Å². The Bertz CT molecular complexity index is 472. The SMILES string of the molecule is Cc1ccc(CNC(C(=O)O)C2CCOCC2)cc1Cl. The summed E-state index contributed by atoms with van der Waals surface area (Å²) >= 11 is 6.08. The number of halogens is 1. The normalized spacial score (nSPS) is 17.9. The zero-order chi connectivity index (χ0) is 14.5. The zero-order valence-electron chi connectivity index (χ0n) is 11.6. The fourth-order valence-corrected chi connectivity index (χ4v) is 2.68. The minimum atomic E-state index is -0.796. The van der Waals surface area contributed by atoms with Gasteiger partial charge in [-0.05, 0) is 42.9 Å². The standard InChI is InChI=1S/C15H20ClNO3/c1-10-2-3-11(8-13(10)16)9-17-14(15(18)19)12-4-6-20-7-5-12/h2-3,8,12,14,17H,4-7,9H2,1H3,(H,18,19). The Balaban J connectivity index is 1.97. The van der Waals surface area contributed by atoms with Crippen molar-refractivity contribution in [1.29, 1.82) is 0 Å². The quantitative estimate of drug-likeness (QED) is 0.877. The number of aryl methyl sites for hydroxylation is 1. The summed E-state index contributed by atoms with van der Waals surface area (Å²) in [4.78, 5) is 11.4. The number of rotatable bonds is 5. The summed E-state index contributed by atoms with van der Waals surface area (Å²) in [6.07, 6.45) is 1.58. The van der Waals surface area contributed by atoms with Crippen LogP contribution in [0.1, 0.15) is 24.0 Å². The summed E-state index contributed by atoms with van der Waals surface area (Å²) in [5.74, 6) is -0.669. The van der Waals surface area contributed by atoms with Gasteiger partial charge in [-0.2, -0.15) is 0 Å². The Morgan fingerprint density at radius 1 is 1.50 bits per heavy atom. The second kappa shape index (κ2) is 7.07. The van der Waals surface area contributed by atoms with Gasteiger partial charge in [0.15, 0.2) is 0 Å². The van der Waals surface area contributed by atoms with Crippen molar-refractivity contribution in [2.45, 2.75) is 32.4 Å². The third kappa shape index (κ3) is 3.95. The largest absolute Gasteiger partial charge is 0.480 e. The van der Waals surface area contributed by atoms with Crippen molar-refractivity contribution in [2.24, 2.45) is 5.92 Å². The molecule has 1 heterocycles. The third-order valence-electron chi connectivity index (χ3n) is 3.77. The van der Waals surface area contributed by atoms with Crippen molar-refractivity contribution in [1.82, 2.24) is 5.32 Å². The third-order valence-corrected chi connectivity index (χ3v) is 4.17. The molecule has 2 N–H and O–H groups in total. The van der Waals surface area contributed by atoms with Gasteiger partial charge >= 0.3 is 5.97 Å². The number of carboxylic acids is 1. The maximum Gasteiger partial charge on any atom is 0.320 e. The maximum absolute atomic E-state index is 11.4. The van der Waals surface area contributed by atoms with Crippen LogP contribution in [0.5, 0.6) is 0 Å². The Kier molecular flexibility index (Phi) is 5.40. The first-order valence-corrected chi connectivity index (χ1v) is 7.24. The summed E-state index contributed by atoms with van der Waals surface area (Å²) in [6, 6.07) is 5.27. The highest BCUT2D eigenvalue weighted by molar-refractivity contribution is 6.31. The molecule has 1 atom stereocenters. The molecule has 0 aliphatic carbocycles. The number of nitrogens with one attached hydrogen (secondary N) is 1. The van der Waals surface area contributed by atoms with Gasteiger partial charge in [-0.3, -0.25) is 4.79 Å². The second-order valence-electron chi connectivity index (χ2n) is 5.23. The van der Waals surface area contributed by atoms with E-state index in [1.807, 2.05) is 25.1 Å². The predicted molar refractivity (Wildman–Crippen MR) is 78.0 cm³/mol. The van der Waals surface area contributed by atoms with Crippen molar-refractivity contribution in [3.8, 4) is 0 Å². The molecule has 0 aromatic heterocycles. The molecular formula is C15H20ClNO3. The Hall–Kier alpha value is -1.10. The lowest BCUT2D eigenvalue weighted by molar-refractivity contribution is -0.142. The predicted octanol–water partition coefficient (Wildman–Crippen LogP) is 2.62. The number of ether oxygens (including phenoxy) is 1. The van der Waals surface area contributed by atoms with Crippen LogP contribution in [0.2, 0.25) is 5.02 Å². The van der Waals surface area contributed by atoms with E-state index in [2.05, 4.69) is 5.32 Å². The van der Waals surface area contributed by atoms with Crippen molar-refractivity contribution in [2.75, 3.05) is 13.2 Å². The van der Waals surface area contributed by atoms with Gasteiger partial charge in [0.05, 0.1) is 0 Å². The van der Waals surface area contributed by atoms with Crippen molar-refractivity contribution in [3.63, 3.8) is 0 Å². The van der Waals surface area contributed by atoms with Gasteiger partial charge in [0.2, 0.25) is 0 Å². The molecule has 0 amide bonds. The van der Waals surface area contributed by atoms with Crippen LogP contribution in [0, 0.1) is 12.8 Å². The molecule has 1 fully saturated rings. The fraction of sp³-hybridized carbons (Fsp3) is 0.533. The monoisotopic (exact) mass is 297 g/mol. The van der Waals surface area contributed by atoms with E-state index in [4.69, 9.17) is 16.3 Å². The lowest BCUT2D eigenvalue weighted by atomic mass is 9.91. The molecule has 1 aromatic carbocycles. The first kappa shape index (κ1) is 15.3. The minimum absolute atomic E-state index is 0.127. The van der Waals surface area contributed by atoms with Crippen LogP contribution in [0.3, 0.4) is 0 Å². The number of carboxylic acid groups (broad SMARTS) is 1. The summed E-state index contributed by atoms with van der Waals surface area (Å²) in [6.45, 7) is 3.74. The van der Waals surface area contributed by atoms with Gasteiger partial charge in [0, 0.05) is 24.8 Å². The first-order valence-electron chi connectivity index (χ1n) is 6.87. The first-order chi connectivity index (χ1) is 9.58. The molecule has 1 saturated heterocycles. The fourth-order valence-electron chi connectivity index (χ4n) is 2.48. The van der Waals surface area contributed by atoms with E-state index in [0.717, 1.165) is 24.0 Å². The van der Waals surface area contributed by atoms with Crippen LogP contribution in [0.15, 0.2) is 18.2 Å². The van der Waals surface area contributed by atoms with Gasteiger partial charge in [-0.25, -0.2) is 0 Å². The molecule has 1 aliphatic heterocycles. The van der Waals surface area contributed by atoms with Gasteiger partial charge in [0.25, 0.3) is 0 Å². The van der Waals surface area contributed by atoms with Gasteiger partial charge < -0.3 is 15.2 Å². The number of benzene rings is 1. The summed E-state index contributed by atoms with van der Waals surface area (Å²) in [5.41, 5.74) is 2.02. The molecule has 1 aliphatic rings. The Morgan fingerprint density at radius 2 is 2.20 bits per heavy atom. The average Bonchev–Trinajstić information content (AvgIpc) is 2.44. The van der Waals surface area contributed by atoms with Crippen LogP contribution in [-0.2, 0) is 16.1 Å². The lowest BCUT2D eigenvalue weighted by Crippen LogP contribution is -2.44. The van der Waals surface area contributed by atoms with Crippen molar-refractivity contribution in [3.05, 3.63) is 34.3 Å². The molecule has 0 saturated carbocycles. The molecule has 0 spiro atoms. The van der Waals surface area contributed by atoms with E-state index in [-0.39, 0.29) is 5.92 Å². The molecule has 4 nitrogen and oxygen atoms in total. The van der Waals surface area contributed by atoms with E-state index in [1.165, 1.54) is 0 Å². The topological polar surface area (TPSA) is 58.6 Å². The van der Waals surface area contributed by atoms with E-state index in [0.29, 0.717) is 24.8 Å². The lowest BCUT2D eigenvalue weighted by Gasteiger charge is -2.28. The second-order valence-corrected chi connectivity index (χ2v) is 5.64. The minimum Gasteiger partial charge on any atom is -0.480 e. The van der Waals surface area contributed by atoms with Crippen LogP contribution in [-0.4, -0.2) is 30.3 Å². The molecule has 1 unspecified atom stereocenters. The van der Waals surface area contributed by atoms with Gasteiger partial charge in [-0.1, -0.05) is 23.7 Å². The maximum atomic E-state index is 11.4. The smallest absolute Gasteiger partial charge is 0.320 e. The number of hydrogen-bond donors (Lipinski definition) is 2. The molecule has 5 heteroatoms. The average molecular weight is 298 g/mol. The number of carbonyl (C=O) groups is 1.